The van der Waals surface area contributed by atoms with Crippen molar-refractivity contribution in [3.8, 4) is 5.75 Å². The van der Waals surface area contributed by atoms with Gasteiger partial charge < -0.3 is 10.1 Å². The van der Waals surface area contributed by atoms with Gasteiger partial charge in [0.2, 0.25) is 5.91 Å². The van der Waals surface area contributed by atoms with Gasteiger partial charge in [0.05, 0.1) is 11.7 Å². The molecule has 0 radical (unpaired) electrons. The Morgan fingerprint density at radius 1 is 1.17 bits per heavy atom. The smallest absolute Gasteiger partial charge is 0.314 e. The third-order valence-corrected chi connectivity index (χ3v) is 6.01. The van der Waals surface area contributed by atoms with Gasteiger partial charge in [0.15, 0.2) is 0 Å². The van der Waals surface area contributed by atoms with Crippen molar-refractivity contribution in [3.63, 3.8) is 0 Å². The highest BCUT2D eigenvalue weighted by molar-refractivity contribution is 7.85. The molecule has 1 atom stereocenters. The molecule has 0 aliphatic heterocycles. The minimum absolute atomic E-state index is 0.129. The minimum atomic E-state index is -4.04. The van der Waals surface area contributed by atoms with Crippen molar-refractivity contribution in [1.29, 1.82) is 0 Å². The van der Waals surface area contributed by atoms with E-state index in [0.29, 0.717) is 5.75 Å². The SMILES string of the molecule is Cc1cc(C)c(C(C)(C)CC(=O)NCCCS(=O)(=O)O)c(OC(=O)[C@@H](C)C(C)C)c1. The van der Waals surface area contributed by atoms with E-state index in [-0.39, 0.29) is 43.1 Å². The molecule has 2 N–H and O–H groups in total. The van der Waals surface area contributed by atoms with Crippen molar-refractivity contribution < 1.29 is 27.3 Å². The summed E-state index contributed by atoms with van der Waals surface area (Å²) in [6.07, 6.45) is 0.261. The van der Waals surface area contributed by atoms with Gasteiger partial charge in [0.25, 0.3) is 10.1 Å². The highest BCUT2D eigenvalue weighted by atomic mass is 32.2. The molecule has 8 heteroatoms. The highest BCUT2D eigenvalue weighted by Gasteiger charge is 2.31. The molecule has 30 heavy (non-hydrogen) atoms. The van der Waals surface area contributed by atoms with E-state index in [2.05, 4.69) is 5.32 Å². The number of hydrogen-bond donors (Lipinski definition) is 2. The highest BCUT2D eigenvalue weighted by Crippen LogP contribution is 2.38. The van der Waals surface area contributed by atoms with Crippen molar-refractivity contribution in [2.45, 2.75) is 66.7 Å². The fourth-order valence-electron chi connectivity index (χ4n) is 3.38. The van der Waals surface area contributed by atoms with Gasteiger partial charge in [-0.05, 0) is 43.4 Å². The molecule has 7 nitrogen and oxygen atoms in total. The van der Waals surface area contributed by atoms with Crippen LogP contribution in [0.5, 0.6) is 5.75 Å². The van der Waals surface area contributed by atoms with Gasteiger partial charge in [-0.25, -0.2) is 0 Å². The van der Waals surface area contributed by atoms with Gasteiger partial charge in [0.1, 0.15) is 5.75 Å². The van der Waals surface area contributed by atoms with E-state index in [1.807, 2.05) is 60.6 Å². The zero-order valence-electron chi connectivity index (χ0n) is 19.0. The Morgan fingerprint density at radius 3 is 2.30 bits per heavy atom. The molecule has 0 aliphatic rings. The van der Waals surface area contributed by atoms with E-state index in [9.17, 15) is 18.0 Å². The Labute approximate surface area is 180 Å². The van der Waals surface area contributed by atoms with Crippen molar-refractivity contribution in [2.24, 2.45) is 11.8 Å². The maximum absolute atomic E-state index is 12.6. The Bertz CT molecular complexity index is 874. The Kier molecular flexibility index (Phi) is 9.05. The molecule has 0 heterocycles. The number of esters is 1. The molecule has 0 aliphatic carbocycles. The van der Waals surface area contributed by atoms with Crippen LogP contribution in [0.25, 0.3) is 0 Å². The fraction of sp³-hybridized carbons (Fsp3) is 0.636. The van der Waals surface area contributed by atoms with Crippen molar-refractivity contribution in [3.05, 3.63) is 28.8 Å². The first-order chi connectivity index (χ1) is 13.6. The molecule has 0 aromatic heterocycles. The zero-order chi connectivity index (χ0) is 23.3. The summed E-state index contributed by atoms with van der Waals surface area (Å²) in [4.78, 5) is 25.0. The summed E-state index contributed by atoms with van der Waals surface area (Å²) in [5.74, 6) is -0.595. The summed E-state index contributed by atoms with van der Waals surface area (Å²) in [5.41, 5.74) is 2.06. The standard InChI is InChI=1S/C22H35NO6S/c1-14(2)17(5)21(25)29-18-12-15(3)11-16(4)20(18)22(6,7)13-19(24)23-9-8-10-30(26,27)28/h11-12,14,17H,8-10,13H2,1-7H3,(H,23,24)(H,26,27,28)/t17-/m0/s1. The Morgan fingerprint density at radius 2 is 1.77 bits per heavy atom. The molecule has 0 bridgehead atoms. The Balaban J connectivity index is 3.01. The second-order valence-corrected chi connectivity index (χ2v) is 10.5. The number of hydrogen-bond acceptors (Lipinski definition) is 5. The average Bonchev–Trinajstić information content (AvgIpc) is 2.55. The number of nitrogens with one attached hydrogen (secondary N) is 1. The predicted octanol–water partition coefficient (Wildman–Crippen LogP) is 3.56. The topological polar surface area (TPSA) is 110 Å². The molecule has 0 fully saturated rings. The Hall–Kier alpha value is -1.93. The van der Waals surface area contributed by atoms with Crippen LogP contribution in [0, 0.1) is 25.7 Å². The first-order valence-electron chi connectivity index (χ1n) is 10.2. The number of carbonyl (C=O) groups is 2. The molecule has 1 aromatic carbocycles. The van der Waals surface area contributed by atoms with Gasteiger partial charge in [-0.3, -0.25) is 14.1 Å². The van der Waals surface area contributed by atoms with E-state index in [1.54, 1.807) is 0 Å². The number of ether oxygens (including phenoxy) is 1. The van der Waals surface area contributed by atoms with E-state index < -0.39 is 21.3 Å². The van der Waals surface area contributed by atoms with Gasteiger partial charge in [-0.2, -0.15) is 8.42 Å². The monoisotopic (exact) mass is 441 g/mol. The lowest BCUT2D eigenvalue weighted by Gasteiger charge is -2.29. The van der Waals surface area contributed by atoms with Gasteiger partial charge >= 0.3 is 5.97 Å². The van der Waals surface area contributed by atoms with Gasteiger partial charge in [-0.15, -0.1) is 0 Å². The first kappa shape index (κ1) is 26.1. The maximum atomic E-state index is 12.6. The van der Waals surface area contributed by atoms with Gasteiger partial charge in [-0.1, -0.05) is 40.7 Å². The third kappa shape index (κ3) is 8.07. The predicted molar refractivity (Wildman–Crippen MR) is 117 cm³/mol. The largest absolute Gasteiger partial charge is 0.426 e. The number of rotatable bonds is 10. The van der Waals surface area contributed by atoms with Crippen LogP contribution >= 0.6 is 0 Å². The lowest BCUT2D eigenvalue weighted by atomic mass is 9.78. The summed E-state index contributed by atoms with van der Waals surface area (Å²) in [6, 6.07) is 3.81. The molecule has 0 saturated heterocycles. The summed E-state index contributed by atoms with van der Waals surface area (Å²) >= 11 is 0. The lowest BCUT2D eigenvalue weighted by Crippen LogP contribution is -2.33. The molecule has 1 rings (SSSR count). The minimum Gasteiger partial charge on any atom is -0.426 e. The number of amides is 1. The molecule has 0 saturated carbocycles. The second kappa shape index (κ2) is 10.4. The van der Waals surface area contributed by atoms with Crippen LogP contribution in [0.2, 0.25) is 0 Å². The van der Waals surface area contributed by atoms with Gasteiger partial charge in [0, 0.05) is 23.9 Å². The molecule has 0 spiro atoms. The van der Waals surface area contributed by atoms with Crippen LogP contribution in [0.1, 0.15) is 64.2 Å². The number of benzene rings is 1. The number of aryl methyl sites for hydroxylation is 2. The van der Waals surface area contributed by atoms with Crippen LogP contribution < -0.4 is 10.1 Å². The van der Waals surface area contributed by atoms with Crippen LogP contribution in [-0.4, -0.2) is 37.1 Å². The molecule has 1 aromatic rings. The third-order valence-electron chi connectivity index (χ3n) is 5.21. The summed E-state index contributed by atoms with van der Waals surface area (Å²) in [6.45, 7) is 13.6. The second-order valence-electron chi connectivity index (χ2n) is 8.96. The molecule has 1 amide bonds. The van der Waals surface area contributed by atoms with Crippen LogP contribution in [-0.2, 0) is 25.1 Å². The molecular formula is C22H35NO6S. The zero-order valence-corrected chi connectivity index (χ0v) is 19.9. The molecule has 170 valence electrons. The summed E-state index contributed by atoms with van der Waals surface area (Å²) in [7, 11) is -4.04. The lowest BCUT2D eigenvalue weighted by molar-refractivity contribution is -0.139. The van der Waals surface area contributed by atoms with Crippen molar-refractivity contribution in [1.82, 2.24) is 5.32 Å². The molecular weight excluding hydrogens is 406 g/mol. The normalized spacial score (nSPS) is 13.2. The summed E-state index contributed by atoms with van der Waals surface area (Å²) < 4.78 is 36.1. The van der Waals surface area contributed by atoms with Crippen LogP contribution in [0.3, 0.4) is 0 Å². The quantitative estimate of drug-likeness (QED) is 0.249. The molecule has 0 unspecified atom stereocenters. The van der Waals surface area contributed by atoms with E-state index in [0.717, 1.165) is 16.7 Å². The fourth-order valence-corrected chi connectivity index (χ4v) is 3.89. The van der Waals surface area contributed by atoms with Crippen LogP contribution in [0.15, 0.2) is 12.1 Å². The van der Waals surface area contributed by atoms with Crippen LogP contribution in [0.4, 0.5) is 0 Å². The van der Waals surface area contributed by atoms with E-state index >= 15 is 0 Å². The van der Waals surface area contributed by atoms with E-state index in [4.69, 9.17) is 9.29 Å². The average molecular weight is 442 g/mol. The summed E-state index contributed by atoms with van der Waals surface area (Å²) in [5, 5.41) is 2.68. The first-order valence-corrected chi connectivity index (χ1v) is 11.8. The van der Waals surface area contributed by atoms with E-state index in [1.165, 1.54) is 0 Å². The maximum Gasteiger partial charge on any atom is 0.314 e. The van der Waals surface area contributed by atoms with Crippen molar-refractivity contribution in [2.75, 3.05) is 12.3 Å². The number of carbonyl (C=O) groups excluding carboxylic acids is 2. The van der Waals surface area contributed by atoms with Crippen molar-refractivity contribution >= 4 is 22.0 Å².